The molecule has 3 rings (SSSR count). The monoisotopic (exact) mass is 462 g/mol. The maximum Gasteiger partial charge on any atom is 0.262 e. The minimum Gasteiger partial charge on any atom is -0.322 e. The first kappa shape index (κ1) is 22.2. The summed E-state index contributed by atoms with van der Waals surface area (Å²) in [4.78, 5) is 12.7. The lowest BCUT2D eigenvalue weighted by molar-refractivity contribution is 0.102. The maximum absolute atomic E-state index is 13.0. The smallest absolute Gasteiger partial charge is 0.262 e. The number of nitrogens with one attached hydrogen (secondary N) is 2. The first-order chi connectivity index (χ1) is 14.1. The molecule has 0 aliphatic heterocycles. The summed E-state index contributed by atoms with van der Waals surface area (Å²) in [6.45, 7) is 5.54. The second kappa shape index (κ2) is 8.68. The molecular weight excluding hydrogens is 443 g/mol. The molecule has 0 bridgehead atoms. The Morgan fingerprint density at radius 1 is 0.767 bits per heavy atom. The fraction of sp³-hybridized carbons (Fsp3) is 0.136. The van der Waals surface area contributed by atoms with E-state index in [0.717, 1.165) is 11.1 Å². The number of anilines is 2. The average molecular weight is 463 g/mol. The molecular formula is C22H20Cl2N2O3S. The maximum atomic E-state index is 13.0. The van der Waals surface area contributed by atoms with Gasteiger partial charge >= 0.3 is 0 Å². The van der Waals surface area contributed by atoms with E-state index in [1.165, 1.54) is 12.1 Å². The van der Waals surface area contributed by atoms with Crippen molar-refractivity contribution in [1.82, 2.24) is 0 Å². The molecule has 3 aromatic carbocycles. The molecule has 0 fully saturated rings. The van der Waals surface area contributed by atoms with E-state index < -0.39 is 15.9 Å². The predicted molar refractivity (Wildman–Crippen MR) is 122 cm³/mol. The lowest BCUT2D eigenvalue weighted by atomic mass is 10.1. The number of carbonyl (C=O) groups excluding carboxylic acids is 1. The SMILES string of the molecule is Cc1ccc(NS(=O)(=O)c2cc(C(=O)Nc3ccc(Cl)c(Cl)c3)ccc2C)cc1C. The summed E-state index contributed by atoms with van der Waals surface area (Å²) < 4.78 is 28.5. The minimum absolute atomic E-state index is 0.0301. The summed E-state index contributed by atoms with van der Waals surface area (Å²) >= 11 is 11.9. The summed E-state index contributed by atoms with van der Waals surface area (Å²) in [5.74, 6) is -0.462. The summed E-state index contributed by atoms with van der Waals surface area (Å²) in [6, 6.07) is 14.5. The van der Waals surface area contributed by atoms with Crippen molar-refractivity contribution in [2.75, 3.05) is 10.0 Å². The number of sulfonamides is 1. The van der Waals surface area contributed by atoms with E-state index in [9.17, 15) is 13.2 Å². The van der Waals surface area contributed by atoms with Crippen molar-refractivity contribution in [2.24, 2.45) is 0 Å². The quantitative estimate of drug-likeness (QED) is 0.490. The van der Waals surface area contributed by atoms with Crippen LogP contribution in [0.4, 0.5) is 11.4 Å². The number of hydrogen-bond acceptors (Lipinski definition) is 3. The molecule has 3 aromatic rings. The van der Waals surface area contributed by atoms with E-state index in [-0.39, 0.29) is 10.5 Å². The van der Waals surface area contributed by atoms with Gasteiger partial charge < -0.3 is 5.32 Å². The summed E-state index contributed by atoms with van der Waals surface area (Å²) in [7, 11) is -3.88. The van der Waals surface area contributed by atoms with Crippen molar-refractivity contribution in [3.63, 3.8) is 0 Å². The van der Waals surface area contributed by atoms with Gasteiger partial charge in [-0.15, -0.1) is 0 Å². The van der Waals surface area contributed by atoms with Gasteiger partial charge in [0.2, 0.25) is 0 Å². The Hall–Kier alpha value is -2.54. The van der Waals surface area contributed by atoms with Gasteiger partial charge in [-0.3, -0.25) is 9.52 Å². The molecule has 0 aromatic heterocycles. The summed E-state index contributed by atoms with van der Waals surface area (Å²) in [6.07, 6.45) is 0. The number of hydrogen-bond donors (Lipinski definition) is 2. The van der Waals surface area contributed by atoms with Crippen LogP contribution in [0.2, 0.25) is 10.0 Å². The average Bonchev–Trinajstić information content (AvgIpc) is 2.67. The molecule has 8 heteroatoms. The topological polar surface area (TPSA) is 75.3 Å². The molecule has 0 unspecified atom stereocenters. The van der Waals surface area contributed by atoms with Gasteiger partial charge in [0.25, 0.3) is 15.9 Å². The molecule has 0 spiro atoms. The van der Waals surface area contributed by atoms with Crippen LogP contribution in [-0.2, 0) is 10.0 Å². The zero-order valence-corrected chi connectivity index (χ0v) is 18.9. The van der Waals surface area contributed by atoms with Gasteiger partial charge in [-0.2, -0.15) is 0 Å². The van der Waals surface area contributed by atoms with Crippen LogP contribution < -0.4 is 10.0 Å². The molecule has 0 radical (unpaired) electrons. The van der Waals surface area contributed by atoms with Gasteiger partial charge in [-0.05, 0) is 79.9 Å². The molecule has 30 heavy (non-hydrogen) atoms. The van der Waals surface area contributed by atoms with Crippen molar-refractivity contribution in [3.05, 3.63) is 86.9 Å². The third-order valence-electron chi connectivity index (χ3n) is 4.68. The fourth-order valence-corrected chi connectivity index (χ4v) is 4.44. The Bertz CT molecular complexity index is 1240. The lowest BCUT2D eigenvalue weighted by Gasteiger charge is -2.13. The van der Waals surface area contributed by atoms with Crippen molar-refractivity contribution >= 4 is 50.5 Å². The molecule has 5 nitrogen and oxygen atoms in total. The standard InChI is InChI=1S/C22H20Cl2N2O3S/c1-13-5-7-18(10-15(13)3)26-30(28,29)21-11-16(6-4-14(21)2)22(27)25-17-8-9-19(23)20(24)12-17/h4-12,26H,1-3H3,(H,25,27). The molecule has 0 heterocycles. The van der Waals surface area contributed by atoms with Gasteiger partial charge in [0.15, 0.2) is 0 Å². The van der Waals surface area contributed by atoms with Gasteiger partial charge in [0, 0.05) is 16.9 Å². The first-order valence-electron chi connectivity index (χ1n) is 9.04. The summed E-state index contributed by atoms with van der Waals surface area (Å²) in [5.41, 5.74) is 3.68. The Balaban J connectivity index is 1.88. The molecule has 0 saturated carbocycles. The largest absolute Gasteiger partial charge is 0.322 e. The van der Waals surface area contributed by atoms with Crippen LogP contribution in [0.1, 0.15) is 27.0 Å². The van der Waals surface area contributed by atoms with Crippen molar-refractivity contribution in [3.8, 4) is 0 Å². The van der Waals surface area contributed by atoms with Crippen molar-refractivity contribution in [1.29, 1.82) is 0 Å². The molecule has 0 saturated heterocycles. The fourth-order valence-electron chi connectivity index (χ4n) is 2.82. The molecule has 0 aliphatic carbocycles. The van der Waals surface area contributed by atoms with Crippen LogP contribution in [0.15, 0.2) is 59.5 Å². The van der Waals surface area contributed by atoms with Crippen molar-refractivity contribution < 1.29 is 13.2 Å². The zero-order chi connectivity index (χ0) is 22.1. The third-order valence-corrected chi connectivity index (χ3v) is 6.94. The third kappa shape index (κ3) is 4.95. The highest BCUT2D eigenvalue weighted by Gasteiger charge is 2.20. The van der Waals surface area contributed by atoms with Crippen LogP contribution in [0.5, 0.6) is 0 Å². The van der Waals surface area contributed by atoms with Crippen LogP contribution in [-0.4, -0.2) is 14.3 Å². The normalized spacial score (nSPS) is 11.2. The van der Waals surface area contributed by atoms with E-state index in [1.807, 2.05) is 19.9 Å². The Kier molecular flexibility index (Phi) is 6.41. The second-order valence-corrected chi connectivity index (χ2v) is 9.43. The summed E-state index contributed by atoms with van der Waals surface area (Å²) in [5, 5.41) is 3.37. The van der Waals surface area contributed by atoms with Crippen LogP contribution in [0.25, 0.3) is 0 Å². The highest BCUT2D eigenvalue weighted by molar-refractivity contribution is 7.92. The van der Waals surface area contributed by atoms with Crippen molar-refractivity contribution in [2.45, 2.75) is 25.7 Å². The van der Waals surface area contributed by atoms with Gasteiger partial charge in [0.05, 0.1) is 14.9 Å². The number of benzene rings is 3. The van der Waals surface area contributed by atoms with E-state index in [4.69, 9.17) is 23.2 Å². The number of halogens is 2. The van der Waals surface area contributed by atoms with Crippen LogP contribution >= 0.6 is 23.2 Å². The second-order valence-electron chi connectivity index (χ2n) is 6.97. The predicted octanol–water partition coefficient (Wildman–Crippen LogP) is 5.97. The Morgan fingerprint density at radius 3 is 2.10 bits per heavy atom. The van der Waals surface area contributed by atoms with E-state index in [0.29, 0.717) is 27.0 Å². The molecule has 0 atom stereocenters. The highest BCUT2D eigenvalue weighted by atomic mass is 35.5. The highest BCUT2D eigenvalue weighted by Crippen LogP contribution is 2.26. The van der Waals surface area contributed by atoms with E-state index in [1.54, 1.807) is 43.3 Å². The number of amides is 1. The number of carbonyl (C=O) groups is 1. The lowest BCUT2D eigenvalue weighted by Crippen LogP contribution is -2.17. The minimum atomic E-state index is -3.88. The molecule has 1 amide bonds. The van der Waals surface area contributed by atoms with E-state index >= 15 is 0 Å². The van der Waals surface area contributed by atoms with Gasteiger partial charge in [-0.25, -0.2) is 8.42 Å². The number of aryl methyl sites for hydroxylation is 3. The first-order valence-corrected chi connectivity index (χ1v) is 11.3. The van der Waals surface area contributed by atoms with Crippen LogP contribution in [0.3, 0.4) is 0 Å². The van der Waals surface area contributed by atoms with Crippen LogP contribution in [0, 0.1) is 20.8 Å². The molecule has 156 valence electrons. The van der Waals surface area contributed by atoms with E-state index in [2.05, 4.69) is 10.0 Å². The Morgan fingerprint density at radius 2 is 1.43 bits per heavy atom. The zero-order valence-electron chi connectivity index (χ0n) is 16.6. The van der Waals surface area contributed by atoms with Gasteiger partial charge in [0.1, 0.15) is 0 Å². The number of rotatable bonds is 5. The Labute approximate surface area is 186 Å². The molecule has 2 N–H and O–H groups in total. The molecule has 0 aliphatic rings. The van der Waals surface area contributed by atoms with Gasteiger partial charge in [-0.1, -0.05) is 35.3 Å².